The lowest BCUT2D eigenvalue weighted by Gasteiger charge is -2.15. The second-order valence-corrected chi connectivity index (χ2v) is 3.74. The van der Waals surface area contributed by atoms with E-state index in [0.29, 0.717) is 12.3 Å². The first-order valence-electron chi connectivity index (χ1n) is 5.33. The zero-order chi connectivity index (χ0) is 12.1. The Morgan fingerprint density at radius 1 is 1.56 bits per heavy atom. The van der Waals surface area contributed by atoms with E-state index in [-0.39, 0.29) is 12.1 Å². The van der Waals surface area contributed by atoms with Crippen LogP contribution in [0.2, 0.25) is 0 Å². The monoisotopic (exact) mass is 222 g/mol. The van der Waals surface area contributed by atoms with E-state index in [9.17, 15) is 4.79 Å². The van der Waals surface area contributed by atoms with Crippen molar-refractivity contribution in [3.8, 4) is 5.75 Å². The van der Waals surface area contributed by atoms with E-state index in [1.165, 1.54) is 4.90 Å². The Labute approximate surface area is 96.0 Å². The molecular weight excluding hydrogens is 204 g/mol. The van der Waals surface area contributed by atoms with E-state index >= 15 is 0 Å². The van der Waals surface area contributed by atoms with Crippen LogP contribution in [0.25, 0.3) is 0 Å². The van der Waals surface area contributed by atoms with Gasteiger partial charge in [0.2, 0.25) is 0 Å². The number of carbonyl (C=O) groups is 1. The van der Waals surface area contributed by atoms with E-state index in [1.807, 2.05) is 26.0 Å². The fraction of sp³-hybridized carbons (Fsp3) is 0.417. The van der Waals surface area contributed by atoms with Crippen LogP contribution >= 0.6 is 0 Å². The maximum Gasteiger partial charge on any atom is 0.414 e. The maximum atomic E-state index is 11.5. The molecule has 0 spiro atoms. The second-order valence-electron chi connectivity index (χ2n) is 3.74. The third-order valence-electron chi connectivity index (χ3n) is 2.38. The largest absolute Gasteiger partial charge is 0.414 e. The molecule has 0 aliphatic rings. The Hall–Kier alpha value is -1.55. The summed E-state index contributed by atoms with van der Waals surface area (Å²) >= 11 is 0. The molecule has 16 heavy (non-hydrogen) atoms. The quantitative estimate of drug-likeness (QED) is 0.852. The van der Waals surface area contributed by atoms with E-state index in [1.54, 1.807) is 19.2 Å². The lowest BCUT2D eigenvalue weighted by Crippen LogP contribution is -2.29. The van der Waals surface area contributed by atoms with Gasteiger partial charge in [-0.25, -0.2) is 4.79 Å². The molecule has 2 N–H and O–H groups in total. The molecule has 1 aromatic rings. The van der Waals surface area contributed by atoms with Gasteiger partial charge < -0.3 is 15.4 Å². The zero-order valence-electron chi connectivity index (χ0n) is 9.93. The smallest absolute Gasteiger partial charge is 0.410 e. The summed E-state index contributed by atoms with van der Waals surface area (Å²) < 4.78 is 5.19. The molecule has 0 saturated carbocycles. The summed E-state index contributed by atoms with van der Waals surface area (Å²) in [6.07, 6.45) is -0.357. The zero-order valence-corrected chi connectivity index (χ0v) is 9.93. The van der Waals surface area contributed by atoms with Crippen LogP contribution in [0, 0.1) is 0 Å². The predicted molar refractivity (Wildman–Crippen MR) is 63.4 cm³/mol. The van der Waals surface area contributed by atoms with Gasteiger partial charge >= 0.3 is 6.09 Å². The second kappa shape index (κ2) is 5.51. The normalized spacial score (nSPS) is 12.0. The maximum absolute atomic E-state index is 11.5. The first-order chi connectivity index (χ1) is 7.54. The van der Waals surface area contributed by atoms with Gasteiger partial charge in [-0.3, -0.25) is 0 Å². The van der Waals surface area contributed by atoms with Crippen molar-refractivity contribution in [2.24, 2.45) is 5.73 Å². The molecule has 4 nitrogen and oxygen atoms in total. The van der Waals surface area contributed by atoms with Crippen LogP contribution in [0.4, 0.5) is 4.79 Å². The van der Waals surface area contributed by atoms with Gasteiger partial charge in [0.05, 0.1) is 0 Å². The van der Waals surface area contributed by atoms with Crippen LogP contribution in [-0.2, 0) is 0 Å². The summed E-state index contributed by atoms with van der Waals surface area (Å²) in [7, 11) is 1.69. The Balaban J connectivity index is 2.74. The molecule has 0 radical (unpaired) electrons. The van der Waals surface area contributed by atoms with Crippen molar-refractivity contribution in [2.45, 2.75) is 19.9 Å². The van der Waals surface area contributed by atoms with Gasteiger partial charge in [0.1, 0.15) is 5.75 Å². The van der Waals surface area contributed by atoms with Gasteiger partial charge in [-0.2, -0.15) is 0 Å². The summed E-state index contributed by atoms with van der Waals surface area (Å²) in [6, 6.07) is 7.19. The average molecular weight is 222 g/mol. The van der Waals surface area contributed by atoms with Crippen LogP contribution < -0.4 is 10.5 Å². The lowest BCUT2D eigenvalue weighted by atomic mass is 10.1. The topological polar surface area (TPSA) is 55.6 Å². The van der Waals surface area contributed by atoms with Crippen LogP contribution in [-0.4, -0.2) is 24.6 Å². The molecule has 4 heteroatoms. The average Bonchev–Trinajstić information content (AvgIpc) is 2.28. The number of amides is 1. The lowest BCUT2D eigenvalue weighted by molar-refractivity contribution is 0.165. The summed E-state index contributed by atoms with van der Waals surface area (Å²) in [5, 5.41) is 0. The summed E-state index contributed by atoms with van der Waals surface area (Å²) in [6.45, 7) is 4.39. The predicted octanol–water partition coefficient (Wildman–Crippen LogP) is 2.16. The molecule has 1 atom stereocenters. The van der Waals surface area contributed by atoms with E-state index in [2.05, 4.69) is 0 Å². The molecule has 0 fully saturated rings. The minimum atomic E-state index is -0.357. The number of nitrogens with two attached hydrogens (primary N) is 1. The fourth-order valence-electron chi connectivity index (χ4n) is 1.17. The highest BCUT2D eigenvalue weighted by Gasteiger charge is 2.09. The van der Waals surface area contributed by atoms with Crippen LogP contribution in [0.5, 0.6) is 5.75 Å². The number of hydrogen-bond acceptors (Lipinski definition) is 3. The molecule has 1 rings (SSSR count). The van der Waals surface area contributed by atoms with Gasteiger partial charge in [-0.15, -0.1) is 0 Å². The summed E-state index contributed by atoms with van der Waals surface area (Å²) in [5.41, 5.74) is 6.70. The van der Waals surface area contributed by atoms with E-state index < -0.39 is 0 Å². The van der Waals surface area contributed by atoms with Gasteiger partial charge in [-0.05, 0) is 31.5 Å². The molecule has 0 saturated heterocycles. The van der Waals surface area contributed by atoms with Crippen molar-refractivity contribution < 1.29 is 9.53 Å². The van der Waals surface area contributed by atoms with E-state index in [4.69, 9.17) is 10.5 Å². The number of rotatable bonds is 3. The molecule has 1 amide bonds. The highest BCUT2D eigenvalue weighted by Crippen LogP contribution is 2.18. The highest BCUT2D eigenvalue weighted by molar-refractivity contribution is 5.70. The van der Waals surface area contributed by atoms with Crippen molar-refractivity contribution >= 4 is 6.09 Å². The number of carbonyl (C=O) groups excluding carboxylic acids is 1. The van der Waals surface area contributed by atoms with Crippen LogP contribution in [0.1, 0.15) is 25.5 Å². The van der Waals surface area contributed by atoms with Crippen molar-refractivity contribution in [1.29, 1.82) is 0 Å². The fourth-order valence-corrected chi connectivity index (χ4v) is 1.17. The van der Waals surface area contributed by atoms with Crippen molar-refractivity contribution in [3.63, 3.8) is 0 Å². The van der Waals surface area contributed by atoms with Crippen LogP contribution in [0.15, 0.2) is 24.3 Å². The third-order valence-corrected chi connectivity index (χ3v) is 2.38. The van der Waals surface area contributed by atoms with Gasteiger partial charge in [0, 0.05) is 19.6 Å². The van der Waals surface area contributed by atoms with Crippen molar-refractivity contribution in [1.82, 2.24) is 4.90 Å². The minimum absolute atomic E-state index is 0.0671. The van der Waals surface area contributed by atoms with Crippen molar-refractivity contribution in [2.75, 3.05) is 13.6 Å². The Kier molecular flexibility index (Phi) is 4.31. The molecule has 0 heterocycles. The first kappa shape index (κ1) is 12.5. The molecule has 1 aromatic carbocycles. The van der Waals surface area contributed by atoms with Gasteiger partial charge in [0.25, 0.3) is 0 Å². The Bertz CT molecular complexity index is 364. The highest BCUT2D eigenvalue weighted by atomic mass is 16.6. The van der Waals surface area contributed by atoms with Gasteiger partial charge in [-0.1, -0.05) is 12.1 Å². The molecule has 88 valence electrons. The van der Waals surface area contributed by atoms with E-state index in [0.717, 1.165) is 5.56 Å². The summed E-state index contributed by atoms with van der Waals surface area (Å²) in [5.74, 6) is 0.528. The third kappa shape index (κ3) is 3.24. The number of hydrogen-bond donors (Lipinski definition) is 1. The molecule has 0 aliphatic heterocycles. The molecule has 1 unspecified atom stereocenters. The molecule has 0 aliphatic carbocycles. The molecule has 0 aromatic heterocycles. The van der Waals surface area contributed by atoms with Crippen molar-refractivity contribution in [3.05, 3.63) is 29.8 Å². The Morgan fingerprint density at radius 2 is 2.25 bits per heavy atom. The number of ether oxygens (including phenoxy) is 1. The molecular formula is C12H18N2O2. The van der Waals surface area contributed by atoms with Crippen LogP contribution in [0.3, 0.4) is 0 Å². The summed E-state index contributed by atoms with van der Waals surface area (Å²) in [4.78, 5) is 13.0. The first-order valence-corrected chi connectivity index (χ1v) is 5.33. The Morgan fingerprint density at radius 3 is 2.81 bits per heavy atom. The minimum Gasteiger partial charge on any atom is -0.410 e. The molecule has 0 bridgehead atoms. The number of benzene rings is 1. The van der Waals surface area contributed by atoms with Gasteiger partial charge in [0.15, 0.2) is 0 Å². The number of nitrogens with zero attached hydrogens (tertiary/aromatic N) is 1. The SMILES string of the molecule is CCN(C)C(=O)Oc1cccc(C(C)N)c1. The standard InChI is InChI=1S/C12H18N2O2/c1-4-14(3)12(15)16-11-7-5-6-10(8-11)9(2)13/h5-9H,4,13H2,1-3H3.